The van der Waals surface area contributed by atoms with Gasteiger partial charge in [-0.05, 0) is 30.2 Å². The third kappa shape index (κ3) is 1.32. The molecule has 0 fully saturated rings. The molecule has 0 radical (unpaired) electrons. The second-order valence-electron chi connectivity index (χ2n) is 3.49. The van der Waals surface area contributed by atoms with Crippen molar-refractivity contribution >= 4 is 11.7 Å². The Labute approximate surface area is 80.6 Å². The van der Waals surface area contributed by atoms with Crippen molar-refractivity contribution in [3.05, 3.63) is 29.1 Å². The molecule has 1 aliphatic heterocycles. The maximum Gasteiger partial charge on any atom is 0.326 e. The van der Waals surface area contributed by atoms with Crippen LogP contribution in [0.5, 0.6) is 0 Å². The molecule has 0 saturated heterocycles. The molecular formula is C10H10FNO2. The summed E-state index contributed by atoms with van der Waals surface area (Å²) in [6, 6.07) is 2.14. The van der Waals surface area contributed by atoms with Crippen LogP contribution in [0.1, 0.15) is 11.1 Å². The quantitative estimate of drug-likeness (QED) is 0.714. The number of fused-ring (bicyclic) bond motifs is 1. The number of benzene rings is 1. The van der Waals surface area contributed by atoms with E-state index in [-0.39, 0.29) is 5.82 Å². The van der Waals surface area contributed by atoms with Crippen LogP contribution in [-0.2, 0) is 11.2 Å². The molecule has 14 heavy (non-hydrogen) atoms. The largest absolute Gasteiger partial charge is 0.480 e. The fourth-order valence-corrected chi connectivity index (χ4v) is 1.76. The van der Waals surface area contributed by atoms with Gasteiger partial charge in [0.2, 0.25) is 0 Å². The predicted octanol–water partition coefficient (Wildman–Crippen LogP) is 1.56. The van der Waals surface area contributed by atoms with Crippen molar-refractivity contribution in [2.24, 2.45) is 0 Å². The van der Waals surface area contributed by atoms with Gasteiger partial charge in [0.1, 0.15) is 11.9 Å². The second kappa shape index (κ2) is 2.97. The lowest BCUT2D eigenvalue weighted by molar-refractivity contribution is -0.137. The number of carboxylic acids is 1. The Hall–Kier alpha value is -1.58. The fourth-order valence-electron chi connectivity index (χ4n) is 1.76. The van der Waals surface area contributed by atoms with Gasteiger partial charge >= 0.3 is 5.97 Å². The average molecular weight is 195 g/mol. The zero-order valence-corrected chi connectivity index (χ0v) is 7.67. The number of aliphatic carboxylic acids is 1. The van der Waals surface area contributed by atoms with Gasteiger partial charge in [-0.25, -0.2) is 9.18 Å². The first-order chi connectivity index (χ1) is 6.58. The van der Waals surface area contributed by atoms with Crippen LogP contribution in [0, 0.1) is 12.7 Å². The summed E-state index contributed by atoms with van der Waals surface area (Å²) in [6.07, 6.45) is 0.427. The molecule has 0 spiro atoms. The summed E-state index contributed by atoms with van der Waals surface area (Å²) < 4.78 is 13.0. The van der Waals surface area contributed by atoms with Gasteiger partial charge in [0.15, 0.2) is 0 Å². The van der Waals surface area contributed by atoms with E-state index in [4.69, 9.17) is 5.11 Å². The number of hydrogen-bond donors (Lipinski definition) is 2. The van der Waals surface area contributed by atoms with Gasteiger partial charge in [0.05, 0.1) is 0 Å². The van der Waals surface area contributed by atoms with Crippen molar-refractivity contribution in [1.82, 2.24) is 0 Å². The Balaban J connectivity index is 2.39. The minimum absolute atomic E-state index is 0.334. The highest BCUT2D eigenvalue weighted by Gasteiger charge is 2.27. The third-order valence-corrected chi connectivity index (χ3v) is 2.47. The summed E-state index contributed by atoms with van der Waals surface area (Å²) in [5, 5.41) is 11.6. The summed E-state index contributed by atoms with van der Waals surface area (Å²) >= 11 is 0. The predicted molar refractivity (Wildman–Crippen MR) is 49.9 cm³/mol. The van der Waals surface area contributed by atoms with E-state index in [2.05, 4.69) is 5.32 Å². The molecule has 0 aromatic heterocycles. The third-order valence-electron chi connectivity index (χ3n) is 2.47. The van der Waals surface area contributed by atoms with Crippen LogP contribution >= 0.6 is 0 Å². The maximum absolute atomic E-state index is 13.0. The zero-order valence-electron chi connectivity index (χ0n) is 7.67. The lowest BCUT2D eigenvalue weighted by Crippen LogP contribution is -2.26. The first kappa shape index (κ1) is 8.99. The molecular weight excluding hydrogens is 185 g/mol. The maximum atomic E-state index is 13.0. The number of anilines is 1. The van der Waals surface area contributed by atoms with Crippen LogP contribution in [0.25, 0.3) is 0 Å². The normalized spacial score (nSPS) is 18.9. The smallest absolute Gasteiger partial charge is 0.326 e. The van der Waals surface area contributed by atoms with E-state index >= 15 is 0 Å². The summed E-state index contributed by atoms with van der Waals surface area (Å²) in [4.78, 5) is 10.7. The van der Waals surface area contributed by atoms with Crippen molar-refractivity contribution in [3.63, 3.8) is 0 Å². The van der Waals surface area contributed by atoms with Gasteiger partial charge in [0, 0.05) is 12.1 Å². The van der Waals surface area contributed by atoms with Gasteiger partial charge in [-0.3, -0.25) is 0 Å². The molecule has 4 heteroatoms. The van der Waals surface area contributed by atoms with Gasteiger partial charge in [-0.15, -0.1) is 0 Å². The van der Waals surface area contributed by atoms with E-state index in [1.165, 1.54) is 12.1 Å². The van der Waals surface area contributed by atoms with Gasteiger partial charge in [-0.1, -0.05) is 0 Å². The average Bonchev–Trinajstić information content (AvgIpc) is 2.47. The Bertz CT molecular complexity index is 403. The van der Waals surface area contributed by atoms with Gasteiger partial charge in [-0.2, -0.15) is 0 Å². The molecule has 0 saturated carbocycles. The summed E-state index contributed by atoms with van der Waals surface area (Å²) in [5.74, 6) is -1.24. The molecule has 1 heterocycles. The molecule has 0 aliphatic carbocycles. The Morgan fingerprint density at radius 2 is 2.36 bits per heavy atom. The van der Waals surface area contributed by atoms with E-state index < -0.39 is 12.0 Å². The van der Waals surface area contributed by atoms with Crippen LogP contribution in [0.4, 0.5) is 10.1 Å². The number of aryl methyl sites for hydroxylation is 1. The molecule has 0 unspecified atom stereocenters. The van der Waals surface area contributed by atoms with Crippen LogP contribution in [0.2, 0.25) is 0 Å². The minimum atomic E-state index is -0.902. The summed E-state index contributed by atoms with van der Waals surface area (Å²) in [7, 11) is 0. The fraction of sp³-hybridized carbons (Fsp3) is 0.300. The van der Waals surface area contributed by atoms with Crippen molar-refractivity contribution in [3.8, 4) is 0 Å². The number of rotatable bonds is 1. The number of carboxylic acid groups (broad SMARTS) is 1. The van der Waals surface area contributed by atoms with Crippen molar-refractivity contribution in [2.45, 2.75) is 19.4 Å². The Morgan fingerprint density at radius 3 is 3.00 bits per heavy atom. The number of nitrogens with one attached hydrogen (secondary N) is 1. The molecule has 74 valence electrons. The van der Waals surface area contributed by atoms with E-state index in [9.17, 15) is 9.18 Å². The van der Waals surface area contributed by atoms with Gasteiger partial charge in [0.25, 0.3) is 0 Å². The van der Waals surface area contributed by atoms with E-state index in [0.29, 0.717) is 12.1 Å². The first-order valence-electron chi connectivity index (χ1n) is 4.36. The first-order valence-corrected chi connectivity index (χ1v) is 4.36. The molecule has 0 bridgehead atoms. The molecule has 1 aromatic rings. The number of halogens is 1. The lowest BCUT2D eigenvalue weighted by atomic mass is 10.0. The van der Waals surface area contributed by atoms with Crippen LogP contribution in [0.15, 0.2) is 12.1 Å². The Morgan fingerprint density at radius 1 is 1.64 bits per heavy atom. The van der Waals surface area contributed by atoms with Crippen molar-refractivity contribution in [1.29, 1.82) is 0 Å². The lowest BCUT2D eigenvalue weighted by Gasteiger charge is -2.03. The Kier molecular flexibility index (Phi) is 1.91. The van der Waals surface area contributed by atoms with Crippen LogP contribution in [-0.4, -0.2) is 17.1 Å². The topological polar surface area (TPSA) is 49.3 Å². The molecule has 1 aliphatic rings. The minimum Gasteiger partial charge on any atom is -0.480 e. The molecule has 1 atom stereocenters. The highest BCUT2D eigenvalue weighted by atomic mass is 19.1. The van der Waals surface area contributed by atoms with Crippen LogP contribution in [0.3, 0.4) is 0 Å². The van der Waals surface area contributed by atoms with E-state index in [0.717, 1.165) is 11.1 Å². The van der Waals surface area contributed by atoms with Crippen LogP contribution < -0.4 is 5.32 Å². The molecule has 2 N–H and O–H groups in total. The summed E-state index contributed by atoms with van der Waals surface area (Å²) in [6.45, 7) is 1.79. The van der Waals surface area contributed by atoms with E-state index in [1.54, 1.807) is 6.92 Å². The second-order valence-corrected chi connectivity index (χ2v) is 3.49. The number of carbonyl (C=O) groups is 1. The van der Waals surface area contributed by atoms with E-state index in [1.807, 2.05) is 0 Å². The van der Waals surface area contributed by atoms with Crippen molar-refractivity contribution < 1.29 is 14.3 Å². The SMILES string of the molecule is Cc1cc(F)cc2c1C[C@H](C(=O)O)N2. The standard InChI is InChI=1S/C10H10FNO2/c1-5-2-6(11)3-8-7(5)4-9(12-8)10(13)14/h2-3,9,12H,4H2,1H3,(H,13,14)/t9-/m1/s1. The molecule has 3 nitrogen and oxygen atoms in total. The van der Waals surface area contributed by atoms with Gasteiger partial charge < -0.3 is 10.4 Å². The molecule has 2 rings (SSSR count). The van der Waals surface area contributed by atoms with Crippen molar-refractivity contribution in [2.75, 3.05) is 5.32 Å². The summed E-state index contributed by atoms with van der Waals surface area (Å²) in [5.41, 5.74) is 2.31. The highest BCUT2D eigenvalue weighted by Crippen LogP contribution is 2.29. The molecule has 1 aromatic carbocycles. The molecule has 0 amide bonds. The zero-order chi connectivity index (χ0) is 10.3. The highest BCUT2D eigenvalue weighted by molar-refractivity contribution is 5.81. The monoisotopic (exact) mass is 195 g/mol. The number of hydrogen-bond acceptors (Lipinski definition) is 2.